The summed E-state index contributed by atoms with van der Waals surface area (Å²) in [6.07, 6.45) is 4.98. The number of nitrogens with one attached hydrogen (secondary N) is 1. The smallest absolute Gasteiger partial charge is 0.270 e. The van der Waals surface area contributed by atoms with Crippen LogP contribution in [-0.4, -0.2) is 52.8 Å². The first-order valence-corrected chi connectivity index (χ1v) is 9.86. The lowest BCUT2D eigenvalue weighted by molar-refractivity contribution is -0.137. The molecule has 2 saturated heterocycles. The lowest BCUT2D eigenvalue weighted by Gasteiger charge is -2.35. The normalized spacial score (nSPS) is 19.1. The summed E-state index contributed by atoms with van der Waals surface area (Å²) in [5.41, 5.74) is 1.50. The van der Waals surface area contributed by atoms with E-state index in [1.807, 2.05) is 34.1 Å². The second kappa shape index (κ2) is 7.31. The molecule has 2 amide bonds. The van der Waals surface area contributed by atoms with Crippen molar-refractivity contribution in [2.24, 2.45) is 5.92 Å². The Kier molecular flexibility index (Phi) is 4.90. The molecule has 0 saturated carbocycles. The Morgan fingerprint density at radius 3 is 2.42 bits per heavy atom. The summed E-state index contributed by atoms with van der Waals surface area (Å²) in [7, 11) is 0. The number of aromatic amines is 1. The Morgan fingerprint density at radius 2 is 1.69 bits per heavy atom. The van der Waals surface area contributed by atoms with Crippen LogP contribution in [0.5, 0.6) is 0 Å². The SMILES string of the molecule is O=C(c1cc2cc(Cl)ccc2[nH]1)N1CCC(C(=O)N2CCCCC2)CC1. The Morgan fingerprint density at radius 1 is 0.962 bits per heavy atom. The van der Waals surface area contributed by atoms with Gasteiger partial charge in [0.15, 0.2) is 0 Å². The Balaban J connectivity index is 1.38. The van der Waals surface area contributed by atoms with E-state index < -0.39 is 0 Å². The van der Waals surface area contributed by atoms with E-state index in [9.17, 15) is 9.59 Å². The quantitative estimate of drug-likeness (QED) is 0.872. The molecule has 2 aromatic rings. The number of fused-ring (bicyclic) bond motifs is 1. The van der Waals surface area contributed by atoms with Crippen LogP contribution in [-0.2, 0) is 4.79 Å². The zero-order valence-electron chi connectivity index (χ0n) is 14.8. The number of aromatic nitrogens is 1. The van der Waals surface area contributed by atoms with Crippen molar-refractivity contribution in [3.8, 4) is 0 Å². The van der Waals surface area contributed by atoms with E-state index >= 15 is 0 Å². The standard InChI is InChI=1S/C20H24ClN3O2/c21-16-4-5-17-15(12-16)13-18(22-17)20(26)24-10-6-14(7-11-24)19(25)23-8-2-1-3-9-23/h4-5,12-14,22H,1-3,6-11H2. The molecule has 0 spiro atoms. The molecule has 138 valence electrons. The third-order valence-electron chi connectivity index (χ3n) is 5.61. The van der Waals surface area contributed by atoms with Gasteiger partial charge in [0.25, 0.3) is 5.91 Å². The second-order valence-electron chi connectivity index (χ2n) is 7.37. The van der Waals surface area contributed by atoms with Crippen LogP contribution in [0.4, 0.5) is 0 Å². The maximum Gasteiger partial charge on any atom is 0.270 e. The van der Waals surface area contributed by atoms with E-state index in [0.717, 1.165) is 49.7 Å². The van der Waals surface area contributed by atoms with Crippen molar-refractivity contribution in [2.45, 2.75) is 32.1 Å². The monoisotopic (exact) mass is 373 g/mol. The molecule has 1 N–H and O–H groups in total. The first-order valence-electron chi connectivity index (χ1n) is 9.48. The first kappa shape index (κ1) is 17.4. The molecular weight excluding hydrogens is 350 g/mol. The Labute approximate surface area is 158 Å². The fraction of sp³-hybridized carbons (Fsp3) is 0.500. The van der Waals surface area contributed by atoms with Crippen LogP contribution in [0.2, 0.25) is 5.02 Å². The van der Waals surface area contributed by atoms with Gasteiger partial charge in [0.05, 0.1) is 0 Å². The predicted molar refractivity (Wildman–Crippen MR) is 102 cm³/mol. The molecule has 3 heterocycles. The van der Waals surface area contributed by atoms with Gasteiger partial charge in [-0.25, -0.2) is 0 Å². The van der Waals surface area contributed by atoms with Gasteiger partial charge in [-0.2, -0.15) is 0 Å². The number of rotatable bonds is 2. The molecule has 1 aromatic heterocycles. The van der Waals surface area contributed by atoms with Crippen LogP contribution < -0.4 is 0 Å². The summed E-state index contributed by atoms with van der Waals surface area (Å²) in [4.78, 5) is 32.5. The number of carbonyl (C=O) groups excluding carboxylic acids is 2. The fourth-order valence-electron chi connectivity index (χ4n) is 4.09. The lowest BCUT2D eigenvalue weighted by atomic mass is 9.94. The van der Waals surface area contributed by atoms with Gasteiger partial charge in [0.2, 0.25) is 5.91 Å². The number of hydrogen-bond donors (Lipinski definition) is 1. The van der Waals surface area contributed by atoms with Gasteiger partial charge in [0.1, 0.15) is 5.69 Å². The molecule has 2 fully saturated rings. The summed E-state index contributed by atoms with van der Waals surface area (Å²) < 4.78 is 0. The van der Waals surface area contributed by atoms with Gasteiger partial charge in [0, 0.05) is 48.0 Å². The Hall–Kier alpha value is -2.01. The number of benzene rings is 1. The van der Waals surface area contributed by atoms with Crippen LogP contribution >= 0.6 is 11.6 Å². The number of likely N-dealkylation sites (tertiary alicyclic amines) is 2. The van der Waals surface area contributed by atoms with E-state index in [-0.39, 0.29) is 17.7 Å². The van der Waals surface area contributed by atoms with Crippen molar-refractivity contribution in [1.29, 1.82) is 0 Å². The minimum atomic E-state index is 0.00111. The van der Waals surface area contributed by atoms with Gasteiger partial charge in [-0.1, -0.05) is 11.6 Å². The summed E-state index contributed by atoms with van der Waals surface area (Å²) in [6.45, 7) is 3.07. The lowest BCUT2D eigenvalue weighted by Crippen LogP contribution is -2.45. The molecule has 0 aliphatic carbocycles. The first-order chi connectivity index (χ1) is 12.6. The molecule has 0 unspecified atom stereocenters. The van der Waals surface area contributed by atoms with Gasteiger partial charge in [-0.05, 0) is 56.4 Å². The van der Waals surface area contributed by atoms with Crippen molar-refractivity contribution >= 4 is 34.3 Å². The highest BCUT2D eigenvalue weighted by molar-refractivity contribution is 6.31. The number of nitrogens with zero attached hydrogens (tertiary/aromatic N) is 2. The van der Waals surface area contributed by atoms with E-state index in [4.69, 9.17) is 11.6 Å². The molecule has 6 heteroatoms. The minimum Gasteiger partial charge on any atom is -0.351 e. The highest BCUT2D eigenvalue weighted by Gasteiger charge is 2.31. The summed E-state index contributed by atoms with van der Waals surface area (Å²) in [6, 6.07) is 7.41. The van der Waals surface area contributed by atoms with E-state index in [1.165, 1.54) is 6.42 Å². The van der Waals surface area contributed by atoms with Crippen molar-refractivity contribution in [3.63, 3.8) is 0 Å². The zero-order valence-corrected chi connectivity index (χ0v) is 15.6. The van der Waals surface area contributed by atoms with Gasteiger partial charge in [-0.15, -0.1) is 0 Å². The minimum absolute atomic E-state index is 0.00111. The Bertz CT molecular complexity index is 818. The second-order valence-corrected chi connectivity index (χ2v) is 7.80. The molecule has 2 aliphatic rings. The van der Waals surface area contributed by atoms with Crippen LogP contribution in [0.3, 0.4) is 0 Å². The molecule has 0 radical (unpaired) electrons. The third-order valence-corrected chi connectivity index (χ3v) is 5.85. The molecule has 26 heavy (non-hydrogen) atoms. The number of halogens is 1. The highest BCUT2D eigenvalue weighted by Crippen LogP contribution is 2.25. The fourth-order valence-corrected chi connectivity index (χ4v) is 4.27. The largest absolute Gasteiger partial charge is 0.351 e. The number of hydrogen-bond acceptors (Lipinski definition) is 2. The van der Waals surface area contributed by atoms with E-state index in [0.29, 0.717) is 23.8 Å². The number of piperidine rings is 2. The topological polar surface area (TPSA) is 56.4 Å². The van der Waals surface area contributed by atoms with Gasteiger partial charge >= 0.3 is 0 Å². The average molecular weight is 374 g/mol. The van der Waals surface area contributed by atoms with E-state index in [2.05, 4.69) is 4.98 Å². The van der Waals surface area contributed by atoms with Crippen molar-refractivity contribution < 1.29 is 9.59 Å². The van der Waals surface area contributed by atoms with Gasteiger partial charge < -0.3 is 14.8 Å². The summed E-state index contributed by atoms with van der Waals surface area (Å²) in [5.74, 6) is 0.358. The maximum atomic E-state index is 12.8. The van der Waals surface area contributed by atoms with Crippen molar-refractivity contribution in [3.05, 3.63) is 35.0 Å². The molecule has 4 rings (SSSR count). The van der Waals surface area contributed by atoms with E-state index in [1.54, 1.807) is 0 Å². The number of amides is 2. The van der Waals surface area contributed by atoms with Gasteiger partial charge in [-0.3, -0.25) is 9.59 Å². The third kappa shape index (κ3) is 3.45. The highest BCUT2D eigenvalue weighted by atomic mass is 35.5. The van der Waals surface area contributed by atoms with Crippen LogP contribution in [0.1, 0.15) is 42.6 Å². The summed E-state index contributed by atoms with van der Waals surface area (Å²) in [5, 5.41) is 1.60. The molecule has 1 aromatic carbocycles. The van der Waals surface area contributed by atoms with Crippen LogP contribution in [0.25, 0.3) is 10.9 Å². The molecule has 0 bridgehead atoms. The molecular formula is C20H24ClN3O2. The number of H-pyrrole nitrogens is 1. The van der Waals surface area contributed by atoms with Crippen LogP contribution in [0.15, 0.2) is 24.3 Å². The van der Waals surface area contributed by atoms with Crippen LogP contribution in [0, 0.1) is 5.92 Å². The zero-order chi connectivity index (χ0) is 18.1. The molecule has 2 aliphatic heterocycles. The summed E-state index contributed by atoms with van der Waals surface area (Å²) >= 11 is 6.02. The maximum absolute atomic E-state index is 12.8. The predicted octanol–water partition coefficient (Wildman–Crippen LogP) is 3.69. The van der Waals surface area contributed by atoms with Crippen molar-refractivity contribution in [2.75, 3.05) is 26.2 Å². The number of carbonyl (C=O) groups is 2. The molecule has 0 atom stereocenters. The molecule has 5 nitrogen and oxygen atoms in total. The average Bonchev–Trinajstić information content (AvgIpc) is 3.11. The van der Waals surface area contributed by atoms with Crippen molar-refractivity contribution in [1.82, 2.24) is 14.8 Å².